The van der Waals surface area contributed by atoms with E-state index in [9.17, 15) is 4.79 Å². The number of amides is 1. The van der Waals surface area contributed by atoms with Gasteiger partial charge in [-0.3, -0.25) is 5.32 Å². The van der Waals surface area contributed by atoms with E-state index in [1.54, 1.807) is 19.1 Å². The van der Waals surface area contributed by atoms with E-state index in [4.69, 9.17) is 11.6 Å². The lowest BCUT2D eigenvalue weighted by Crippen LogP contribution is -2.13. The number of pyridine rings is 1. The van der Waals surface area contributed by atoms with Crippen LogP contribution in [0.2, 0.25) is 5.02 Å². The number of carbonyl (C=O) groups excluding carboxylic acids is 1. The Morgan fingerprint density at radius 2 is 2.54 bits per heavy atom. The lowest BCUT2D eigenvalue weighted by atomic mass is 10.4. The zero-order valence-electron chi connectivity index (χ0n) is 7.08. The predicted octanol–water partition coefficient (Wildman–Crippen LogP) is 2.30. The van der Waals surface area contributed by atoms with Crippen LogP contribution in [0.25, 0.3) is 0 Å². The van der Waals surface area contributed by atoms with Crippen molar-refractivity contribution in [3.05, 3.63) is 23.4 Å². The monoisotopic (exact) mass is 200 g/mol. The average molecular weight is 201 g/mol. The first-order chi connectivity index (χ1) is 6.22. The van der Waals surface area contributed by atoms with E-state index in [1.165, 1.54) is 6.20 Å². The fourth-order valence-electron chi connectivity index (χ4n) is 0.745. The van der Waals surface area contributed by atoms with Crippen LogP contribution in [0.15, 0.2) is 18.3 Å². The Morgan fingerprint density at radius 3 is 3.15 bits per heavy atom. The Hall–Kier alpha value is -1.29. The standard InChI is InChI=1S/C8H9ClN2O2/c1-2-13-8(12)11-7-5-6(9)3-4-10-7/h3-5H,2H2,1H3,(H,10,11,12). The van der Waals surface area contributed by atoms with Gasteiger partial charge in [0.05, 0.1) is 6.61 Å². The van der Waals surface area contributed by atoms with Crippen molar-refractivity contribution in [2.75, 3.05) is 11.9 Å². The second kappa shape index (κ2) is 4.67. The number of anilines is 1. The van der Waals surface area contributed by atoms with Crippen molar-refractivity contribution in [3.8, 4) is 0 Å². The first-order valence-electron chi connectivity index (χ1n) is 3.77. The molecule has 0 fully saturated rings. The summed E-state index contributed by atoms with van der Waals surface area (Å²) in [6.07, 6.45) is 0.974. The van der Waals surface area contributed by atoms with Crippen molar-refractivity contribution in [2.45, 2.75) is 6.92 Å². The molecule has 0 radical (unpaired) electrons. The van der Waals surface area contributed by atoms with E-state index in [0.29, 0.717) is 17.4 Å². The van der Waals surface area contributed by atoms with Crippen LogP contribution in [0.5, 0.6) is 0 Å². The van der Waals surface area contributed by atoms with Gasteiger partial charge in [-0.15, -0.1) is 0 Å². The lowest BCUT2D eigenvalue weighted by Gasteiger charge is -2.03. The number of ether oxygens (including phenoxy) is 1. The van der Waals surface area contributed by atoms with Crippen LogP contribution in [0.4, 0.5) is 10.6 Å². The van der Waals surface area contributed by atoms with Gasteiger partial charge in [0, 0.05) is 11.2 Å². The van der Waals surface area contributed by atoms with Gasteiger partial charge in [-0.25, -0.2) is 9.78 Å². The normalized spacial score (nSPS) is 9.38. The van der Waals surface area contributed by atoms with Gasteiger partial charge in [-0.05, 0) is 19.1 Å². The molecule has 0 saturated heterocycles. The number of hydrogen-bond donors (Lipinski definition) is 1. The van der Waals surface area contributed by atoms with Crippen LogP contribution in [0, 0.1) is 0 Å². The van der Waals surface area contributed by atoms with Crippen LogP contribution < -0.4 is 5.32 Å². The van der Waals surface area contributed by atoms with Crippen molar-refractivity contribution < 1.29 is 9.53 Å². The topological polar surface area (TPSA) is 51.2 Å². The molecule has 1 N–H and O–H groups in total. The fourth-order valence-corrected chi connectivity index (χ4v) is 0.905. The molecule has 4 nitrogen and oxygen atoms in total. The number of hydrogen-bond acceptors (Lipinski definition) is 3. The van der Waals surface area contributed by atoms with E-state index in [0.717, 1.165) is 0 Å². The van der Waals surface area contributed by atoms with E-state index < -0.39 is 6.09 Å². The second-order valence-electron chi connectivity index (χ2n) is 2.20. The Kier molecular flexibility index (Phi) is 3.52. The third-order valence-electron chi connectivity index (χ3n) is 1.23. The molecule has 1 aromatic rings. The third kappa shape index (κ3) is 3.29. The van der Waals surface area contributed by atoms with Crippen molar-refractivity contribution in [1.82, 2.24) is 4.98 Å². The molecule has 1 heterocycles. The van der Waals surface area contributed by atoms with Crippen molar-refractivity contribution in [1.29, 1.82) is 0 Å². The summed E-state index contributed by atoms with van der Waals surface area (Å²) in [7, 11) is 0. The predicted molar refractivity (Wildman–Crippen MR) is 49.9 cm³/mol. The second-order valence-corrected chi connectivity index (χ2v) is 2.64. The number of nitrogens with zero attached hydrogens (tertiary/aromatic N) is 1. The Labute approximate surface area is 80.9 Å². The van der Waals surface area contributed by atoms with Crippen LogP contribution in [0.1, 0.15) is 6.92 Å². The minimum atomic E-state index is -0.530. The molecule has 0 unspecified atom stereocenters. The molecule has 0 aliphatic heterocycles. The highest BCUT2D eigenvalue weighted by molar-refractivity contribution is 6.30. The molecule has 0 spiro atoms. The number of aromatic nitrogens is 1. The molecule has 1 aromatic heterocycles. The highest BCUT2D eigenvalue weighted by atomic mass is 35.5. The fraction of sp³-hybridized carbons (Fsp3) is 0.250. The summed E-state index contributed by atoms with van der Waals surface area (Å²) in [5, 5.41) is 2.94. The highest BCUT2D eigenvalue weighted by Gasteiger charge is 2.02. The first kappa shape index (κ1) is 9.80. The zero-order chi connectivity index (χ0) is 9.68. The summed E-state index contributed by atoms with van der Waals surface area (Å²) in [4.78, 5) is 14.8. The minimum absolute atomic E-state index is 0.326. The highest BCUT2D eigenvalue weighted by Crippen LogP contribution is 2.11. The van der Waals surface area contributed by atoms with Gasteiger partial charge in [0.15, 0.2) is 0 Å². The zero-order valence-corrected chi connectivity index (χ0v) is 7.84. The Balaban J connectivity index is 2.58. The maximum absolute atomic E-state index is 10.9. The molecule has 0 atom stereocenters. The molecule has 0 aliphatic rings. The molecule has 5 heteroatoms. The summed E-state index contributed by atoms with van der Waals surface area (Å²) in [6.45, 7) is 2.05. The maximum Gasteiger partial charge on any atom is 0.412 e. The van der Waals surface area contributed by atoms with Gasteiger partial charge in [0.25, 0.3) is 0 Å². The van der Waals surface area contributed by atoms with E-state index in [2.05, 4.69) is 15.0 Å². The molecule has 0 aliphatic carbocycles. The van der Waals surface area contributed by atoms with Gasteiger partial charge in [0.1, 0.15) is 5.82 Å². The van der Waals surface area contributed by atoms with Gasteiger partial charge in [-0.1, -0.05) is 11.6 Å². The van der Waals surface area contributed by atoms with Crippen LogP contribution in [-0.4, -0.2) is 17.7 Å². The number of halogens is 1. The molecular formula is C8H9ClN2O2. The van der Waals surface area contributed by atoms with Gasteiger partial charge in [0.2, 0.25) is 0 Å². The molecule has 0 aromatic carbocycles. The average Bonchev–Trinajstić information content (AvgIpc) is 2.04. The van der Waals surface area contributed by atoms with Crippen LogP contribution in [0.3, 0.4) is 0 Å². The quantitative estimate of drug-likeness (QED) is 0.797. The summed E-state index contributed by atoms with van der Waals surface area (Å²) in [5.74, 6) is 0.381. The Bertz CT molecular complexity index is 304. The van der Waals surface area contributed by atoms with Crippen molar-refractivity contribution in [2.24, 2.45) is 0 Å². The molecule has 13 heavy (non-hydrogen) atoms. The molecule has 0 saturated carbocycles. The molecule has 1 rings (SSSR count). The SMILES string of the molecule is CCOC(=O)Nc1cc(Cl)ccn1. The van der Waals surface area contributed by atoms with E-state index in [1.807, 2.05) is 0 Å². The lowest BCUT2D eigenvalue weighted by molar-refractivity contribution is 0.168. The largest absolute Gasteiger partial charge is 0.450 e. The van der Waals surface area contributed by atoms with E-state index in [-0.39, 0.29) is 0 Å². The summed E-state index contributed by atoms with van der Waals surface area (Å²) in [6, 6.07) is 3.16. The number of nitrogens with one attached hydrogen (secondary N) is 1. The van der Waals surface area contributed by atoms with E-state index >= 15 is 0 Å². The first-order valence-corrected chi connectivity index (χ1v) is 4.15. The Morgan fingerprint density at radius 1 is 1.77 bits per heavy atom. The smallest absolute Gasteiger partial charge is 0.412 e. The summed E-state index contributed by atoms with van der Waals surface area (Å²) in [5.41, 5.74) is 0. The number of carbonyl (C=O) groups is 1. The van der Waals surface area contributed by atoms with Crippen LogP contribution in [-0.2, 0) is 4.74 Å². The van der Waals surface area contributed by atoms with Crippen molar-refractivity contribution >= 4 is 23.5 Å². The minimum Gasteiger partial charge on any atom is -0.450 e. The number of rotatable bonds is 2. The molecule has 70 valence electrons. The maximum atomic E-state index is 10.9. The summed E-state index contributed by atoms with van der Waals surface area (Å²) >= 11 is 5.67. The van der Waals surface area contributed by atoms with Gasteiger partial charge < -0.3 is 4.74 Å². The third-order valence-corrected chi connectivity index (χ3v) is 1.46. The van der Waals surface area contributed by atoms with Gasteiger partial charge in [-0.2, -0.15) is 0 Å². The van der Waals surface area contributed by atoms with Crippen LogP contribution >= 0.6 is 11.6 Å². The van der Waals surface area contributed by atoms with Gasteiger partial charge >= 0.3 is 6.09 Å². The molecular weight excluding hydrogens is 192 g/mol. The molecule has 0 bridgehead atoms. The molecule has 1 amide bonds. The van der Waals surface area contributed by atoms with Crippen molar-refractivity contribution in [3.63, 3.8) is 0 Å². The summed E-state index contributed by atoms with van der Waals surface area (Å²) < 4.78 is 4.65.